The highest BCUT2D eigenvalue weighted by atomic mass is 16.5. The standard InChI is InChI=1S/C27H44O4/c1-15(14-28)11-23-25(30)16(2)24-22(31-23)13-21-19-6-5-17-12-18(29)7-9-26(17,3)20(19)8-10-27(21,24)4/h15-24,28-29H,5-14H2,1-4H3/t15-,16-,17+,18-,19+,20-,21-,22-,23+,24-,26-,27-/m0/s1. The SMILES string of the molecule is C[C@H](CO)C[C@H]1O[C@H]2C[C@H]3[C@@H]4CC[C@@H]5C[C@@H](O)CC[C@]5(C)[C@H]4CC[C@]3(C)[C@H]2[C@H](C)C1=O. The van der Waals surface area contributed by atoms with Gasteiger partial charge in [0.1, 0.15) is 6.10 Å². The van der Waals surface area contributed by atoms with Gasteiger partial charge in [-0.3, -0.25) is 4.79 Å². The molecule has 0 aromatic heterocycles. The van der Waals surface area contributed by atoms with Crippen molar-refractivity contribution < 1.29 is 19.7 Å². The Morgan fingerprint density at radius 1 is 1.06 bits per heavy atom. The van der Waals surface area contributed by atoms with E-state index in [1.807, 2.05) is 6.92 Å². The average Bonchev–Trinajstić information content (AvgIpc) is 3.04. The van der Waals surface area contributed by atoms with E-state index in [1.165, 1.54) is 32.1 Å². The molecule has 4 heteroatoms. The van der Waals surface area contributed by atoms with E-state index < -0.39 is 0 Å². The Balaban J connectivity index is 1.39. The van der Waals surface area contributed by atoms with Crippen LogP contribution in [0.15, 0.2) is 0 Å². The highest BCUT2D eigenvalue weighted by Gasteiger charge is 2.65. The van der Waals surface area contributed by atoms with Crippen LogP contribution >= 0.6 is 0 Å². The fraction of sp³-hybridized carbons (Fsp3) is 0.963. The fourth-order valence-corrected chi connectivity index (χ4v) is 9.66. The van der Waals surface area contributed by atoms with Gasteiger partial charge >= 0.3 is 0 Å². The molecular formula is C27H44O4. The molecule has 1 heterocycles. The zero-order valence-corrected chi connectivity index (χ0v) is 20.1. The van der Waals surface area contributed by atoms with E-state index in [0.29, 0.717) is 29.6 Å². The van der Waals surface area contributed by atoms with Crippen LogP contribution < -0.4 is 0 Å². The van der Waals surface area contributed by atoms with Crippen LogP contribution in [0.5, 0.6) is 0 Å². The Morgan fingerprint density at radius 2 is 1.81 bits per heavy atom. The number of carbonyl (C=O) groups excluding carboxylic acids is 1. The Labute approximate surface area is 188 Å². The highest BCUT2D eigenvalue weighted by molar-refractivity contribution is 5.86. The highest BCUT2D eigenvalue weighted by Crippen LogP contribution is 2.69. The minimum absolute atomic E-state index is 0.0675. The van der Waals surface area contributed by atoms with Gasteiger partial charge in [-0.1, -0.05) is 27.7 Å². The van der Waals surface area contributed by atoms with Crippen LogP contribution in [0.4, 0.5) is 0 Å². The second kappa shape index (κ2) is 7.81. The van der Waals surface area contributed by atoms with Crippen LogP contribution in [0, 0.1) is 52.3 Å². The Hall–Kier alpha value is -0.450. The van der Waals surface area contributed by atoms with E-state index in [0.717, 1.165) is 31.1 Å². The summed E-state index contributed by atoms with van der Waals surface area (Å²) in [4.78, 5) is 13.3. The number of ether oxygens (including phenoxy) is 1. The molecule has 0 bridgehead atoms. The largest absolute Gasteiger partial charge is 0.396 e. The monoisotopic (exact) mass is 432 g/mol. The molecule has 0 radical (unpaired) electrons. The molecule has 2 N–H and O–H groups in total. The summed E-state index contributed by atoms with van der Waals surface area (Å²) in [5.41, 5.74) is 0.602. The van der Waals surface area contributed by atoms with Crippen molar-refractivity contribution >= 4 is 5.78 Å². The van der Waals surface area contributed by atoms with Crippen molar-refractivity contribution in [3.8, 4) is 0 Å². The first kappa shape index (κ1) is 22.3. The molecular weight excluding hydrogens is 388 g/mol. The molecule has 0 aromatic carbocycles. The molecule has 5 aliphatic rings. The average molecular weight is 433 g/mol. The lowest BCUT2D eigenvalue weighted by molar-refractivity contribution is -0.167. The molecule has 5 rings (SSSR count). The summed E-state index contributed by atoms with van der Waals surface area (Å²) in [6.45, 7) is 9.32. The molecule has 176 valence electrons. The smallest absolute Gasteiger partial charge is 0.164 e. The minimum atomic E-state index is -0.328. The van der Waals surface area contributed by atoms with Gasteiger partial charge in [-0.2, -0.15) is 0 Å². The Morgan fingerprint density at radius 3 is 2.55 bits per heavy atom. The molecule has 0 unspecified atom stereocenters. The summed E-state index contributed by atoms with van der Waals surface area (Å²) in [5, 5.41) is 19.8. The van der Waals surface area contributed by atoms with E-state index in [1.54, 1.807) is 0 Å². The zero-order valence-electron chi connectivity index (χ0n) is 20.1. The third kappa shape index (κ3) is 3.29. The van der Waals surface area contributed by atoms with Gasteiger partial charge in [0.25, 0.3) is 0 Å². The number of Topliss-reactive ketones (excluding diaryl/α,β-unsaturated/α-hetero) is 1. The summed E-state index contributed by atoms with van der Waals surface area (Å²) in [6.07, 6.45) is 9.80. The van der Waals surface area contributed by atoms with Crippen molar-refractivity contribution in [1.82, 2.24) is 0 Å². The lowest BCUT2D eigenvalue weighted by Crippen LogP contribution is -2.55. The van der Waals surface area contributed by atoms with Gasteiger partial charge < -0.3 is 14.9 Å². The molecule has 0 aromatic rings. The molecule has 1 aliphatic heterocycles. The third-order valence-electron chi connectivity index (χ3n) is 11.3. The molecule has 12 atom stereocenters. The van der Waals surface area contributed by atoms with Gasteiger partial charge in [0.15, 0.2) is 5.78 Å². The van der Waals surface area contributed by atoms with Crippen molar-refractivity contribution in [3.63, 3.8) is 0 Å². The van der Waals surface area contributed by atoms with Crippen molar-refractivity contribution in [1.29, 1.82) is 0 Å². The number of hydrogen-bond acceptors (Lipinski definition) is 4. The maximum atomic E-state index is 13.3. The maximum Gasteiger partial charge on any atom is 0.164 e. The maximum absolute atomic E-state index is 13.3. The number of aliphatic hydroxyl groups is 2. The molecule has 5 fully saturated rings. The predicted octanol–water partition coefficient (Wildman–Crippen LogP) is 4.61. The topological polar surface area (TPSA) is 66.8 Å². The second-order valence-electron chi connectivity index (χ2n) is 12.8. The zero-order chi connectivity index (χ0) is 22.1. The second-order valence-corrected chi connectivity index (χ2v) is 12.8. The van der Waals surface area contributed by atoms with Crippen LogP contribution in [0.3, 0.4) is 0 Å². The first-order valence-electron chi connectivity index (χ1n) is 13.2. The quantitative estimate of drug-likeness (QED) is 0.684. The molecule has 4 aliphatic carbocycles. The van der Waals surface area contributed by atoms with E-state index in [2.05, 4.69) is 20.8 Å². The van der Waals surface area contributed by atoms with Crippen LogP contribution in [-0.2, 0) is 9.53 Å². The van der Waals surface area contributed by atoms with Gasteiger partial charge in [-0.05, 0) is 98.2 Å². The van der Waals surface area contributed by atoms with E-state index in [9.17, 15) is 15.0 Å². The van der Waals surface area contributed by atoms with E-state index in [-0.39, 0.29) is 48.0 Å². The van der Waals surface area contributed by atoms with Gasteiger partial charge in [-0.25, -0.2) is 0 Å². The third-order valence-corrected chi connectivity index (χ3v) is 11.3. The summed E-state index contributed by atoms with van der Waals surface area (Å²) in [6, 6.07) is 0. The van der Waals surface area contributed by atoms with Crippen molar-refractivity contribution in [2.45, 2.75) is 104 Å². The summed E-state index contributed by atoms with van der Waals surface area (Å²) >= 11 is 0. The van der Waals surface area contributed by atoms with Crippen molar-refractivity contribution in [3.05, 3.63) is 0 Å². The lowest BCUT2D eigenvalue weighted by Gasteiger charge is -2.61. The van der Waals surface area contributed by atoms with Crippen molar-refractivity contribution in [2.24, 2.45) is 52.3 Å². The number of hydrogen-bond donors (Lipinski definition) is 2. The Kier molecular flexibility index (Phi) is 5.63. The first-order valence-corrected chi connectivity index (χ1v) is 13.2. The van der Waals surface area contributed by atoms with Crippen LogP contribution in [-0.4, -0.2) is 40.9 Å². The molecule has 4 saturated carbocycles. The minimum Gasteiger partial charge on any atom is -0.396 e. The van der Waals surface area contributed by atoms with Crippen LogP contribution in [0.2, 0.25) is 0 Å². The van der Waals surface area contributed by atoms with Gasteiger partial charge in [-0.15, -0.1) is 0 Å². The van der Waals surface area contributed by atoms with Crippen LogP contribution in [0.25, 0.3) is 0 Å². The first-order chi connectivity index (χ1) is 14.7. The predicted molar refractivity (Wildman–Crippen MR) is 120 cm³/mol. The molecule has 1 saturated heterocycles. The van der Waals surface area contributed by atoms with Gasteiger partial charge in [0, 0.05) is 18.4 Å². The van der Waals surface area contributed by atoms with Crippen molar-refractivity contribution in [2.75, 3.05) is 6.61 Å². The number of rotatable bonds is 3. The lowest BCUT2D eigenvalue weighted by atomic mass is 9.44. The Bertz CT molecular complexity index is 707. The van der Waals surface area contributed by atoms with Gasteiger partial charge in [0.2, 0.25) is 0 Å². The van der Waals surface area contributed by atoms with Gasteiger partial charge in [0.05, 0.1) is 12.2 Å². The molecule has 0 amide bonds. The number of ketones is 1. The van der Waals surface area contributed by atoms with E-state index in [4.69, 9.17) is 4.74 Å². The summed E-state index contributed by atoms with van der Waals surface area (Å²) in [5.74, 6) is 3.68. The summed E-state index contributed by atoms with van der Waals surface area (Å²) in [7, 11) is 0. The molecule has 0 spiro atoms. The number of carbonyl (C=O) groups is 1. The summed E-state index contributed by atoms with van der Waals surface area (Å²) < 4.78 is 6.55. The number of aliphatic hydroxyl groups excluding tert-OH is 2. The fourth-order valence-electron chi connectivity index (χ4n) is 9.66. The normalized spacial score (nSPS) is 55.0. The molecule has 31 heavy (non-hydrogen) atoms. The van der Waals surface area contributed by atoms with E-state index >= 15 is 0 Å². The molecule has 4 nitrogen and oxygen atoms in total. The van der Waals surface area contributed by atoms with Crippen LogP contribution in [0.1, 0.15) is 85.5 Å². The number of fused-ring (bicyclic) bond motifs is 7.